The Morgan fingerprint density at radius 2 is 1.85 bits per heavy atom. The predicted molar refractivity (Wildman–Crippen MR) is 110 cm³/mol. The minimum absolute atomic E-state index is 0.178. The summed E-state index contributed by atoms with van der Waals surface area (Å²) in [4.78, 5) is 16.5. The minimum atomic E-state index is -0.178. The molecular weight excluding hydrogens is 358 g/mol. The number of pyridine rings is 1. The molecule has 2 aromatic carbocycles. The lowest BCUT2D eigenvalue weighted by Crippen LogP contribution is -2.26. The molecule has 5 heteroatoms. The van der Waals surface area contributed by atoms with E-state index in [4.69, 9.17) is 11.6 Å². The molecule has 4 nitrogen and oxygen atoms in total. The fourth-order valence-electron chi connectivity index (χ4n) is 2.76. The number of rotatable bonds is 7. The molecule has 0 aliphatic rings. The third-order valence-electron chi connectivity index (χ3n) is 4.16. The van der Waals surface area contributed by atoms with Gasteiger partial charge in [0, 0.05) is 18.1 Å². The maximum absolute atomic E-state index is 12.2. The van der Waals surface area contributed by atoms with Gasteiger partial charge in [0.05, 0.1) is 11.9 Å². The zero-order chi connectivity index (χ0) is 19.1. The number of nitrogens with one attached hydrogen (secondary N) is 2. The SMILES string of the molecule is Cc1cccc(CNc2ccc(C(=O)NCCc3cccc(Cl)c3)nc2)c1. The van der Waals surface area contributed by atoms with Crippen LogP contribution in [-0.4, -0.2) is 17.4 Å². The van der Waals surface area contributed by atoms with Gasteiger partial charge in [-0.25, -0.2) is 4.98 Å². The predicted octanol–water partition coefficient (Wildman–Crippen LogP) is 4.63. The van der Waals surface area contributed by atoms with Gasteiger partial charge >= 0.3 is 0 Å². The van der Waals surface area contributed by atoms with E-state index in [1.807, 2.05) is 36.4 Å². The van der Waals surface area contributed by atoms with Crippen LogP contribution in [0.25, 0.3) is 0 Å². The summed E-state index contributed by atoms with van der Waals surface area (Å²) in [5, 5.41) is 6.91. The first-order valence-electron chi connectivity index (χ1n) is 8.88. The first-order valence-corrected chi connectivity index (χ1v) is 9.26. The van der Waals surface area contributed by atoms with E-state index in [1.54, 1.807) is 12.3 Å². The van der Waals surface area contributed by atoms with Gasteiger partial charge in [-0.3, -0.25) is 4.79 Å². The fourth-order valence-corrected chi connectivity index (χ4v) is 2.98. The van der Waals surface area contributed by atoms with E-state index in [0.717, 1.165) is 17.7 Å². The van der Waals surface area contributed by atoms with Crippen molar-refractivity contribution in [3.8, 4) is 0 Å². The van der Waals surface area contributed by atoms with Crippen LogP contribution in [0.3, 0.4) is 0 Å². The van der Waals surface area contributed by atoms with Gasteiger partial charge in [-0.05, 0) is 48.7 Å². The van der Waals surface area contributed by atoms with Gasteiger partial charge in [0.1, 0.15) is 5.69 Å². The van der Waals surface area contributed by atoms with E-state index in [9.17, 15) is 4.79 Å². The molecule has 0 spiro atoms. The highest BCUT2D eigenvalue weighted by Crippen LogP contribution is 2.12. The lowest BCUT2D eigenvalue weighted by atomic mass is 10.1. The molecule has 1 amide bonds. The van der Waals surface area contributed by atoms with Crippen LogP contribution in [0.4, 0.5) is 5.69 Å². The van der Waals surface area contributed by atoms with Crippen molar-refractivity contribution in [2.45, 2.75) is 19.9 Å². The molecule has 0 fully saturated rings. The average Bonchev–Trinajstić information content (AvgIpc) is 2.67. The lowest BCUT2D eigenvalue weighted by molar-refractivity contribution is 0.0949. The normalized spacial score (nSPS) is 10.4. The zero-order valence-corrected chi connectivity index (χ0v) is 16.0. The van der Waals surface area contributed by atoms with Crippen molar-refractivity contribution < 1.29 is 4.79 Å². The standard InChI is InChI=1S/C22H22ClN3O/c1-16-4-2-6-18(12-16)14-25-20-8-9-21(26-15-20)22(27)24-11-10-17-5-3-7-19(23)13-17/h2-9,12-13,15,25H,10-11,14H2,1H3,(H,24,27). The number of anilines is 1. The van der Waals surface area contributed by atoms with Crippen LogP contribution in [0.5, 0.6) is 0 Å². The molecular formula is C22H22ClN3O. The van der Waals surface area contributed by atoms with Crippen LogP contribution in [0.2, 0.25) is 5.02 Å². The van der Waals surface area contributed by atoms with Crippen molar-refractivity contribution in [3.63, 3.8) is 0 Å². The maximum atomic E-state index is 12.2. The van der Waals surface area contributed by atoms with Crippen molar-refractivity contribution in [1.82, 2.24) is 10.3 Å². The summed E-state index contributed by atoms with van der Waals surface area (Å²) in [5.41, 5.74) is 4.82. The number of amides is 1. The molecule has 0 aliphatic carbocycles. The molecule has 3 aromatic rings. The molecule has 1 aromatic heterocycles. The van der Waals surface area contributed by atoms with Gasteiger partial charge in [-0.1, -0.05) is 53.6 Å². The van der Waals surface area contributed by atoms with Gasteiger partial charge in [0.25, 0.3) is 5.91 Å². The molecule has 0 aliphatic heterocycles. The second-order valence-electron chi connectivity index (χ2n) is 6.41. The Labute approximate surface area is 164 Å². The van der Waals surface area contributed by atoms with Crippen molar-refractivity contribution in [2.24, 2.45) is 0 Å². The van der Waals surface area contributed by atoms with Gasteiger partial charge in [0.15, 0.2) is 0 Å². The number of nitrogens with zero attached hydrogens (tertiary/aromatic N) is 1. The van der Waals surface area contributed by atoms with Crippen LogP contribution in [0, 0.1) is 6.92 Å². The molecule has 0 saturated heterocycles. The number of hydrogen-bond acceptors (Lipinski definition) is 3. The van der Waals surface area contributed by atoms with Crippen molar-refractivity contribution >= 4 is 23.2 Å². The molecule has 1 heterocycles. The number of hydrogen-bond donors (Lipinski definition) is 2. The van der Waals surface area contributed by atoms with E-state index in [0.29, 0.717) is 23.8 Å². The molecule has 0 radical (unpaired) electrons. The summed E-state index contributed by atoms with van der Waals surface area (Å²) in [5.74, 6) is -0.178. The number of carbonyl (C=O) groups excluding carboxylic acids is 1. The summed E-state index contributed by atoms with van der Waals surface area (Å²) in [7, 11) is 0. The molecule has 138 valence electrons. The second kappa shape index (κ2) is 9.19. The summed E-state index contributed by atoms with van der Waals surface area (Å²) in [6.07, 6.45) is 2.41. The largest absolute Gasteiger partial charge is 0.380 e. The molecule has 2 N–H and O–H groups in total. The van der Waals surface area contributed by atoms with Crippen LogP contribution in [0.1, 0.15) is 27.2 Å². The van der Waals surface area contributed by atoms with Crippen molar-refractivity contribution in [3.05, 3.63) is 94.3 Å². The van der Waals surface area contributed by atoms with E-state index in [2.05, 4.69) is 40.7 Å². The average molecular weight is 380 g/mol. The summed E-state index contributed by atoms with van der Waals surface area (Å²) >= 11 is 5.97. The first kappa shape index (κ1) is 18.9. The Morgan fingerprint density at radius 1 is 1.04 bits per heavy atom. The van der Waals surface area contributed by atoms with Crippen LogP contribution in [-0.2, 0) is 13.0 Å². The third-order valence-corrected chi connectivity index (χ3v) is 4.40. The summed E-state index contributed by atoms with van der Waals surface area (Å²) in [6, 6.07) is 19.6. The lowest BCUT2D eigenvalue weighted by Gasteiger charge is -2.08. The third kappa shape index (κ3) is 5.83. The smallest absolute Gasteiger partial charge is 0.269 e. The Hall–Kier alpha value is -2.85. The highest BCUT2D eigenvalue weighted by Gasteiger charge is 2.07. The first-order chi connectivity index (χ1) is 13.1. The van der Waals surface area contributed by atoms with Gasteiger partial charge < -0.3 is 10.6 Å². The number of carbonyl (C=O) groups is 1. The molecule has 3 rings (SSSR count). The number of benzene rings is 2. The summed E-state index contributed by atoms with van der Waals surface area (Å²) < 4.78 is 0. The topological polar surface area (TPSA) is 54.0 Å². The number of halogens is 1. The van der Waals surface area contributed by atoms with Crippen molar-refractivity contribution in [1.29, 1.82) is 0 Å². The fraction of sp³-hybridized carbons (Fsp3) is 0.182. The monoisotopic (exact) mass is 379 g/mol. The van der Waals surface area contributed by atoms with E-state index < -0.39 is 0 Å². The number of aromatic nitrogens is 1. The molecule has 0 bridgehead atoms. The summed E-state index contributed by atoms with van der Waals surface area (Å²) in [6.45, 7) is 3.33. The van der Waals surface area contributed by atoms with Crippen molar-refractivity contribution in [2.75, 3.05) is 11.9 Å². The van der Waals surface area contributed by atoms with Crippen LogP contribution >= 0.6 is 11.6 Å². The minimum Gasteiger partial charge on any atom is -0.380 e. The number of aryl methyl sites for hydroxylation is 1. The van der Waals surface area contributed by atoms with Gasteiger partial charge in [-0.2, -0.15) is 0 Å². The van der Waals surface area contributed by atoms with Gasteiger partial charge in [-0.15, -0.1) is 0 Å². The van der Waals surface area contributed by atoms with E-state index in [-0.39, 0.29) is 5.91 Å². The Kier molecular flexibility index (Phi) is 6.44. The van der Waals surface area contributed by atoms with E-state index in [1.165, 1.54) is 11.1 Å². The van der Waals surface area contributed by atoms with Crippen LogP contribution in [0.15, 0.2) is 66.9 Å². The van der Waals surface area contributed by atoms with Gasteiger partial charge in [0.2, 0.25) is 0 Å². The Bertz CT molecular complexity index is 909. The molecule has 0 unspecified atom stereocenters. The molecule has 0 atom stereocenters. The maximum Gasteiger partial charge on any atom is 0.269 e. The Morgan fingerprint density at radius 3 is 2.59 bits per heavy atom. The molecule has 0 saturated carbocycles. The van der Waals surface area contributed by atoms with Crippen LogP contribution < -0.4 is 10.6 Å². The van der Waals surface area contributed by atoms with E-state index >= 15 is 0 Å². The Balaban J connectivity index is 1.48. The second-order valence-corrected chi connectivity index (χ2v) is 6.85. The molecule has 27 heavy (non-hydrogen) atoms. The highest BCUT2D eigenvalue weighted by molar-refractivity contribution is 6.30. The zero-order valence-electron chi connectivity index (χ0n) is 15.2. The quantitative estimate of drug-likeness (QED) is 0.629. The highest BCUT2D eigenvalue weighted by atomic mass is 35.5.